The minimum atomic E-state index is 0.317. The molecule has 1 aromatic carbocycles. The number of rotatable bonds is 2. The second-order valence-corrected chi connectivity index (χ2v) is 4.43. The minimum absolute atomic E-state index is 0.317. The molecule has 0 unspecified atom stereocenters. The van der Waals surface area contributed by atoms with Crippen LogP contribution in [0.1, 0.15) is 18.4 Å². The molecule has 0 atom stereocenters. The van der Waals surface area contributed by atoms with Gasteiger partial charge in [-0.3, -0.25) is 0 Å². The number of nitrogens with two attached hydrogens (primary N) is 1. The van der Waals surface area contributed by atoms with Crippen LogP contribution in [-0.2, 0) is 0 Å². The highest BCUT2D eigenvalue weighted by Gasteiger charge is 2.12. The third-order valence-electron chi connectivity index (χ3n) is 3.10. The molecule has 1 aromatic rings. The average molecular weight is 241 g/mol. The van der Waals surface area contributed by atoms with Crippen molar-refractivity contribution in [3.05, 3.63) is 53.3 Å². The molecule has 0 fully saturated rings. The largest absolute Gasteiger partial charge is 0.454 e. The maximum Gasteiger partial charge on any atom is 0.231 e. The summed E-state index contributed by atoms with van der Waals surface area (Å²) in [7, 11) is 0. The van der Waals surface area contributed by atoms with E-state index in [4.69, 9.17) is 15.2 Å². The van der Waals surface area contributed by atoms with E-state index in [9.17, 15) is 0 Å². The fourth-order valence-corrected chi connectivity index (χ4v) is 2.03. The third kappa shape index (κ3) is 2.25. The first-order valence-corrected chi connectivity index (χ1v) is 6.04. The van der Waals surface area contributed by atoms with Crippen LogP contribution in [0, 0.1) is 0 Å². The molecule has 0 amide bonds. The van der Waals surface area contributed by atoms with E-state index in [0.29, 0.717) is 6.79 Å². The van der Waals surface area contributed by atoms with Gasteiger partial charge in [0, 0.05) is 5.70 Å². The van der Waals surface area contributed by atoms with Gasteiger partial charge in [-0.05, 0) is 42.2 Å². The second-order valence-electron chi connectivity index (χ2n) is 4.43. The predicted octanol–water partition coefficient (Wildman–Crippen LogP) is 2.99. The lowest BCUT2D eigenvalue weighted by Gasteiger charge is -2.07. The van der Waals surface area contributed by atoms with Crippen LogP contribution >= 0.6 is 0 Å². The Balaban J connectivity index is 1.77. The lowest BCUT2D eigenvalue weighted by molar-refractivity contribution is 0.174. The molecular formula is C15H15NO2. The molecule has 0 saturated carbocycles. The smallest absolute Gasteiger partial charge is 0.231 e. The lowest BCUT2D eigenvalue weighted by Crippen LogP contribution is -2.00. The van der Waals surface area contributed by atoms with E-state index in [1.54, 1.807) is 0 Å². The van der Waals surface area contributed by atoms with E-state index in [1.165, 1.54) is 5.57 Å². The van der Waals surface area contributed by atoms with Crippen molar-refractivity contribution < 1.29 is 9.47 Å². The molecule has 92 valence electrons. The molecule has 0 bridgehead atoms. The van der Waals surface area contributed by atoms with Crippen molar-refractivity contribution in [2.75, 3.05) is 6.79 Å². The summed E-state index contributed by atoms with van der Waals surface area (Å²) in [5.74, 6) is 1.64. The van der Waals surface area contributed by atoms with Gasteiger partial charge < -0.3 is 15.2 Å². The first kappa shape index (κ1) is 11.0. The van der Waals surface area contributed by atoms with E-state index in [1.807, 2.05) is 24.3 Å². The van der Waals surface area contributed by atoms with Gasteiger partial charge in [0.15, 0.2) is 11.5 Å². The van der Waals surface area contributed by atoms with Crippen LogP contribution in [0.15, 0.2) is 47.7 Å². The van der Waals surface area contributed by atoms with E-state index in [-0.39, 0.29) is 0 Å². The minimum Gasteiger partial charge on any atom is -0.454 e. The molecule has 0 radical (unpaired) electrons. The molecule has 3 nitrogen and oxygen atoms in total. The van der Waals surface area contributed by atoms with Crippen LogP contribution in [-0.4, -0.2) is 6.79 Å². The van der Waals surface area contributed by atoms with Crippen LogP contribution in [0.25, 0.3) is 6.08 Å². The molecule has 18 heavy (non-hydrogen) atoms. The van der Waals surface area contributed by atoms with Crippen LogP contribution in [0.5, 0.6) is 11.5 Å². The molecule has 0 aromatic heterocycles. The van der Waals surface area contributed by atoms with Crippen molar-refractivity contribution in [2.45, 2.75) is 12.8 Å². The number of allylic oxidation sites excluding steroid dienone is 5. The maximum atomic E-state index is 5.73. The Hall–Kier alpha value is -2.16. The van der Waals surface area contributed by atoms with Gasteiger partial charge in [-0.15, -0.1) is 0 Å². The summed E-state index contributed by atoms with van der Waals surface area (Å²) in [5.41, 5.74) is 9.09. The highest BCUT2D eigenvalue weighted by atomic mass is 16.7. The molecule has 2 N–H and O–H groups in total. The quantitative estimate of drug-likeness (QED) is 0.865. The molecule has 3 heteroatoms. The molecule has 1 aliphatic heterocycles. The number of benzene rings is 1. The summed E-state index contributed by atoms with van der Waals surface area (Å²) in [6.45, 7) is 0.317. The van der Waals surface area contributed by atoms with Crippen molar-refractivity contribution in [1.82, 2.24) is 0 Å². The highest BCUT2D eigenvalue weighted by Crippen LogP contribution is 2.33. The molecular weight excluding hydrogens is 226 g/mol. The Labute approximate surface area is 106 Å². The van der Waals surface area contributed by atoms with Crippen molar-refractivity contribution in [3.8, 4) is 11.5 Å². The molecule has 0 spiro atoms. The molecule has 1 heterocycles. The average Bonchev–Trinajstić information content (AvgIpc) is 2.85. The molecule has 2 aliphatic rings. The van der Waals surface area contributed by atoms with Gasteiger partial charge in [0.1, 0.15) is 0 Å². The number of hydrogen-bond acceptors (Lipinski definition) is 3. The van der Waals surface area contributed by atoms with E-state index >= 15 is 0 Å². The van der Waals surface area contributed by atoms with Crippen LogP contribution < -0.4 is 15.2 Å². The number of ether oxygens (including phenoxy) is 2. The predicted molar refractivity (Wildman–Crippen MR) is 71.2 cm³/mol. The maximum absolute atomic E-state index is 5.73. The van der Waals surface area contributed by atoms with E-state index < -0.39 is 0 Å². The van der Waals surface area contributed by atoms with Gasteiger partial charge >= 0.3 is 0 Å². The zero-order chi connectivity index (χ0) is 12.4. The zero-order valence-electron chi connectivity index (χ0n) is 10.1. The summed E-state index contributed by atoms with van der Waals surface area (Å²) in [6, 6.07) is 5.96. The Morgan fingerprint density at radius 1 is 1.00 bits per heavy atom. The Bertz CT molecular complexity index is 556. The standard InChI is InChI=1S/C15H15NO2/c16-13-6-3-11(4-7-13)1-2-12-5-8-14-15(9-12)18-10-17-14/h1-3,5-6,8-9H,4,7,10,16H2/b2-1+. The van der Waals surface area contributed by atoms with Crippen molar-refractivity contribution >= 4 is 6.08 Å². The normalized spacial score (nSPS) is 17.8. The second kappa shape index (κ2) is 4.61. The van der Waals surface area contributed by atoms with Gasteiger partial charge in [-0.2, -0.15) is 0 Å². The monoisotopic (exact) mass is 241 g/mol. The molecule has 1 aliphatic carbocycles. The highest BCUT2D eigenvalue weighted by molar-refractivity contribution is 5.58. The summed E-state index contributed by atoms with van der Waals surface area (Å²) in [6.07, 6.45) is 10.2. The van der Waals surface area contributed by atoms with Crippen molar-refractivity contribution in [2.24, 2.45) is 5.73 Å². The Morgan fingerprint density at radius 2 is 1.89 bits per heavy atom. The number of hydrogen-bond donors (Lipinski definition) is 1. The van der Waals surface area contributed by atoms with Gasteiger partial charge in [-0.1, -0.05) is 24.3 Å². The van der Waals surface area contributed by atoms with Crippen molar-refractivity contribution in [1.29, 1.82) is 0 Å². The van der Waals surface area contributed by atoms with Gasteiger partial charge in [0.05, 0.1) is 0 Å². The molecule has 0 saturated heterocycles. The van der Waals surface area contributed by atoms with E-state index in [0.717, 1.165) is 35.6 Å². The van der Waals surface area contributed by atoms with Gasteiger partial charge in [0.2, 0.25) is 6.79 Å². The summed E-state index contributed by atoms with van der Waals surface area (Å²) < 4.78 is 10.6. The van der Waals surface area contributed by atoms with Crippen molar-refractivity contribution in [3.63, 3.8) is 0 Å². The van der Waals surface area contributed by atoms with Crippen LogP contribution in [0.2, 0.25) is 0 Å². The zero-order valence-corrected chi connectivity index (χ0v) is 10.1. The van der Waals surface area contributed by atoms with Gasteiger partial charge in [-0.25, -0.2) is 0 Å². The first-order chi connectivity index (χ1) is 8.81. The summed E-state index contributed by atoms with van der Waals surface area (Å²) in [5, 5.41) is 0. The van der Waals surface area contributed by atoms with E-state index in [2.05, 4.69) is 18.2 Å². The Morgan fingerprint density at radius 3 is 2.72 bits per heavy atom. The fraction of sp³-hybridized carbons (Fsp3) is 0.200. The first-order valence-electron chi connectivity index (χ1n) is 6.04. The molecule has 3 rings (SSSR count). The summed E-state index contributed by atoms with van der Waals surface area (Å²) in [4.78, 5) is 0. The SMILES string of the molecule is NC1=CC=C(/C=C/c2ccc3c(c2)OCO3)CC1. The van der Waals surface area contributed by atoms with Crippen LogP contribution in [0.4, 0.5) is 0 Å². The summed E-state index contributed by atoms with van der Waals surface area (Å²) >= 11 is 0. The lowest BCUT2D eigenvalue weighted by atomic mass is 10.0. The Kier molecular flexibility index (Phi) is 2.81. The number of fused-ring (bicyclic) bond motifs is 1. The van der Waals surface area contributed by atoms with Gasteiger partial charge in [0.25, 0.3) is 0 Å². The third-order valence-corrected chi connectivity index (χ3v) is 3.10. The van der Waals surface area contributed by atoms with Crippen LogP contribution in [0.3, 0.4) is 0 Å². The fourth-order valence-electron chi connectivity index (χ4n) is 2.03. The topological polar surface area (TPSA) is 44.5 Å².